The number of hydrogen-bond donors (Lipinski definition) is 1. The maximum absolute atomic E-state index is 12.7. The maximum atomic E-state index is 12.7. The fourth-order valence-electron chi connectivity index (χ4n) is 3.32. The zero-order valence-electron chi connectivity index (χ0n) is 14.8. The van der Waals surface area contributed by atoms with E-state index in [1.54, 1.807) is 0 Å². The molecule has 0 aliphatic heterocycles. The van der Waals surface area contributed by atoms with E-state index in [9.17, 15) is 4.79 Å². The molecule has 1 aliphatic carbocycles. The van der Waals surface area contributed by atoms with Gasteiger partial charge in [-0.15, -0.1) is 0 Å². The van der Waals surface area contributed by atoms with Gasteiger partial charge in [-0.05, 0) is 37.0 Å². The first-order chi connectivity index (χ1) is 9.69. The van der Waals surface area contributed by atoms with Gasteiger partial charge in [0.25, 0.3) is 0 Å². The standard InChI is InChI=1S/C18H36N2O/c1-14(2)10-11-20(16-8-6-7-9-16)17(21)12-15(19)13-18(3,4)5/h14-16H,6-13,19H2,1-5H3. The van der Waals surface area contributed by atoms with Crippen molar-refractivity contribution >= 4 is 5.91 Å². The van der Waals surface area contributed by atoms with Gasteiger partial charge in [0.1, 0.15) is 0 Å². The number of amides is 1. The molecule has 21 heavy (non-hydrogen) atoms. The van der Waals surface area contributed by atoms with Crippen molar-refractivity contribution in [2.24, 2.45) is 17.1 Å². The van der Waals surface area contributed by atoms with E-state index >= 15 is 0 Å². The fourth-order valence-corrected chi connectivity index (χ4v) is 3.32. The third-order valence-electron chi connectivity index (χ3n) is 4.34. The molecule has 0 aromatic rings. The average molecular weight is 296 g/mol. The first kappa shape index (κ1) is 18.5. The summed E-state index contributed by atoms with van der Waals surface area (Å²) in [6.07, 6.45) is 7.40. The van der Waals surface area contributed by atoms with Gasteiger partial charge in [-0.1, -0.05) is 47.5 Å². The van der Waals surface area contributed by atoms with Gasteiger partial charge in [0, 0.05) is 25.0 Å². The molecule has 1 unspecified atom stereocenters. The Balaban J connectivity index is 2.57. The monoisotopic (exact) mass is 296 g/mol. The molecule has 1 atom stereocenters. The van der Waals surface area contributed by atoms with E-state index in [0.29, 0.717) is 18.4 Å². The quantitative estimate of drug-likeness (QED) is 0.773. The number of nitrogens with two attached hydrogens (primary N) is 1. The van der Waals surface area contributed by atoms with Crippen molar-refractivity contribution in [2.45, 2.75) is 91.6 Å². The van der Waals surface area contributed by atoms with E-state index in [-0.39, 0.29) is 17.4 Å². The van der Waals surface area contributed by atoms with Crippen LogP contribution >= 0.6 is 0 Å². The molecule has 0 radical (unpaired) electrons. The molecule has 1 amide bonds. The summed E-state index contributed by atoms with van der Waals surface area (Å²) in [4.78, 5) is 14.8. The fraction of sp³-hybridized carbons (Fsp3) is 0.944. The highest BCUT2D eigenvalue weighted by Crippen LogP contribution is 2.26. The largest absolute Gasteiger partial charge is 0.340 e. The van der Waals surface area contributed by atoms with E-state index in [4.69, 9.17) is 5.73 Å². The van der Waals surface area contributed by atoms with Crippen LogP contribution in [0.4, 0.5) is 0 Å². The van der Waals surface area contributed by atoms with E-state index in [2.05, 4.69) is 39.5 Å². The van der Waals surface area contributed by atoms with E-state index in [1.807, 2.05) is 0 Å². The Hall–Kier alpha value is -0.570. The summed E-state index contributed by atoms with van der Waals surface area (Å²) in [5.74, 6) is 0.921. The van der Waals surface area contributed by atoms with Crippen LogP contribution in [0.1, 0.15) is 79.6 Å². The molecule has 1 saturated carbocycles. The van der Waals surface area contributed by atoms with Gasteiger partial charge in [-0.3, -0.25) is 4.79 Å². The molecule has 0 saturated heterocycles. The molecular weight excluding hydrogens is 260 g/mol. The van der Waals surface area contributed by atoms with Crippen LogP contribution in [-0.4, -0.2) is 29.4 Å². The maximum Gasteiger partial charge on any atom is 0.224 e. The van der Waals surface area contributed by atoms with Crippen LogP contribution in [0, 0.1) is 11.3 Å². The molecule has 3 nitrogen and oxygen atoms in total. The lowest BCUT2D eigenvalue weighted by Gasteiger charge is -2.31. The molecule has 2 N–H and O–H groups in total. The summed E-state index contributed by atoms with van der Waals surface area (Å²) in [6.45, 7) is 11.9. The average Bonchev–Trinajstić information content (AvgIpc) is 2.79. The third-order valence-corrected chi connectivity index (χ3v) is 4.34. The lowest BCUT2D eigenvalue weighted by atomic mass is 9.87. The van der Waals surface area contributed by atoms with E-state index in [1.165, 1.54) is 25.7 Å². The highest BCUT2D eigenvalue weighted by atomic mass is 16.2. The first-order valence-electron chi connectivity index (χ1n) is 8.74. The van der Waals surface area contributed by atoms with Gasteiger partial charge < -0.3 is 10.6 Å². The lowest BCUT2D eigenvalue weighted by Crippen LogP contribution is -2.43. The van der Waals surface area contributed by atoms with Gasteiger partial charge in [0.05, 0.1) is 0 Å². The Kier molecular flexibility index (Phi) is 7.19. The van der Waals surface area contributed by atoms with Gasteiger partial charge in [-0.2, -0.15) is 0 Å². The zero-order chi connectivity index (χ0) is 16.0. The van der Waals surface area contributed by atoms with Crippen LogP contribution < -0.4 is 5.73 Å². The second kappa shape index (κ2) is 8.17. The summed E-state index contributed by atoms with van der Waals surface area (Å²) in [6, 6.07) is 0.457. The van der Waals surface area contributed by atoms with Crippen molar-refractivity contribution in [3.05, 3.63) is 0 Å². The van der Waals surface area contributed by atoms with Crippen molar-refractivity contribution in [2.75, 3.05) is 6.54 Å². The SMILES string of the molecule is CC(C)CCN(C(=O)CC(N)CC(C)(C)C)C1CCCC1. The van der Waals surface area contributed by atoms with Crippen molar-refractivity contribution in [1.29, 1.82) is 0 Å². The van der Waals surface area contributed by atoms with Crippen molar-refractivity contribution in [3.63, 3.8) is 0 Å². The van der Waals surface area contributed by atoms with Crippen LogP contribution in [0.15, 0.2) is 0 Å². The Morgan fingerprint density at radius 1 is 1.24 bits per heavy atom. The highest BCUT2D eigenvalue weighted by Gasteiger charge is 2.28. The zero-order valence-corrected chi connectivity index (χ0v) is 14.8. The third kappa shape index (κ3) is 7.30. The van der Waals surface area contributed by atoms with Gasteiger partial charge in [0.2, 0.25) is 5.91 Å². The van der Waals surface area contributed by atoms with Crippen molar-refractivity contribution in [3.8, 4) is 0 Å². The number of hydrogen-bond acceptors (Lipinski definition) is 2. The minimum absolute atomic E-state index is 0.0135. The number of carbonyl (C=O) groups is 1. The predicted molar refractivity (Wildman–Crippen MR) is 90.1 cm³/mol. The Morgan fingerprint density at radius 3 is 2.29 bits per heavy atom. The Bertz CT molecular complexity index is 314. The van der Waals surface area contributed by atoms with Crippen LogP contribution in [0.5, 0.6) is 0 Å². The minimum atomic E-state index is -0.0135. The topological polar surface area (TPSA) is 46.3 Å². The van der Waals surface area contributed by atoms with E-state index < -0.39 is 0 Å². The van der Waals surface area contributed by atoms with Crippen LogP contribution in [0.2, 0.25) is 0 Å². The highest BCUT2D eigenvalue weighted by molar-refractivity contribution is 5.77. The second-order valence-corrected chi connectivity index (χ2v) is 8.44. The van der Waals surface area contributed by atoms with Crippen LogP contribution in [0.25, 0.3) is 0 Å². The Labute approximate surface area is 131 Å². The molecule has 0 heterocycles. The van der Waals surface area contributed by atoms with Crippen LogP contribution in [0.3, 0.4) is 0 Å². The van der Waals surface area contributed by atoms with Crippen molar-refractivity contribution < 1.29 is 4.79 Å². The molecule has 124 valence electrons. The molecule has 1 rings (SSSR count). The molecule has 0 spiro atoms. The van der Waals surface area contributed by atoms with Gasteiger partial charge in [0.15, 0.2) is 0 Å². The first-order valence-corrected chi connectivity index (χ1v) is 8.74. The molecule has 0 bridgehead atoms. The van der Waals surface area contributed by atoms with Crippen LogP contribution in [-0.2, 0) is 4.79 Å². The summed E-state index contributed by atoms with van der Waals surface area (Å²) < 4.78 is 0. The summed E-state index contributed by atoms with van der Waals surface area (Å²) in [7, 11) is 0. The number of nitrogens with zero attached hydrogens (tertiary/aromatic N) is 1. The minimum Gasteiger partial charge on any atom is -0.340 e. The van der Waals surface area contributed by atoms with Gasteiger partial charge >= 0.3 is 0 Å². The smallest absolute Gasteiger partial charge is 0.224 e. The second-order valence-electron chi connectivity index (χ2n) is 8.44. The summed E-state index contributed by atoms with van der Waals surface area (Å²) >= 11 is 0. The number of rotatable bonds is 7. The molecular formula is C18H36N2O. The van der Waals surface area contributed by atoms with Gasteiger partial charge in [-0.25, -0.2) is 0 Å². The molecule has 1 aliphatic rings. The normalized spacial score (nSPS) is 18.2. The molecule has 1 fully saturated rings. The summed E-state index contributed by atoms with van der Waals surface area (Å²) in [5, 5.41) is 0. The number of carbonyl (C=O) groups excluding carboxylic acids is 1. The van der Waals surface area contributed by atoms with Crippen molar-refractivity contribution in [1.82, 2.24) is 4.90 Å². The Morgan fingerprint density at radius 2 is 1.81 bits per heavy atom. The molecule has 0 aromatic carbocycles. The summed E-state index contributed by atoms with van der Waals surface area (Å²) in [5.41, 5.74) is 6.40. The lowest BCUT2D eigenvalue weighted by molar-refractivity contribution is -0.134. The van der Waals surface area contributed by atoms with E-state index in [0.717, 1.165) is 19.4 Å². The predicted octanol–water partition coefficient (Wildman–Crippen LogP) is 3.96. The molecule has 0 aromatic heterocycles. The molecule has 3 heteroatoms.